The van der Waals surface area contributed by atoms with E-state index >= 15 is 0 Å². The summed E-state index contributed by atoms with van der Waals surface area (Å²) >= 11 is 0. The maximum Gasteiger partial charge on any atom is 0.216 e. The van der Waals surface area contributed by atoms with E-state index in [1.165, 1.54) is 23.2 Å². The number of non-ortho nitro benzene ring substituents is 1. The molecule has 0 N–H and O–H groups in total. The van der Waals surface area contributed by atoms with E-state index in [1.54, 1.807) is 12.1 Å². The first-order valence-electron chi connectivity index (χ1n) is 11.4. The van der Waals surface area contributed by atoms with E-state index in [-0.39, 0.29) is 74.3 Å². The zero-order valence-electron chi connectivity index (χ0n) is 21.4. The minimum Gasteiger partial charge on any atom is -0.659 e. The molecule has 1 fully saturated rings. The Balaban J connectivity index is -0.000000142. The molecule has 0 saturated carbocycles. The average molecular weight is 743 g/mol. The summed E-state index contributed by atoms with van der Waals surface area (Å²) in [5, 5.41) is 15.7. The van der Waals surface area contributed by atoms with Gasteiger partial charge in [-0.05, 0) is 43.4 Å². The topological polar surface area (TPSA) is 73.4 Å². The van der Waals surface area contributed by atoms with Crippen LogP contribution in [0.1, 0.15) is 62.0 Å². The van der Waals surface area contributed by atoms with Crippen LogP contribution in [0.15, 0.2) is 60.8 Å². The van der Waals surface area contributed by atoms with E-state index in [4.69, 9.17) is 0 Å². The normalized spacial score (nSPS) is 10.4. The first-order valence-corrected chi connectivity index (χ1v) is 11.4. The first-order chi connectivity index (χ1) is 15.6. The Bertz CT molecular complexity index is 902. The number of pyridine rings is 1. The predicted molar refractivity (Wildman–Crippen MR) is 152 cm³/mol. The minimum atomic E-state index is -0.436. The van der Waals surface area contributed by atoms with Gasteiger partial charge in [0.15, 0.2) is 0 Å². The Morgan fingerprint density at radius 2 is 1.47 bits per heavy atom. The molecule has 3 aromatic rings. The number of fused-ring (bicyclic) bond motifs is 1. The molecule has 4 rings (SSSR count). The van der Waals surface area contributed by atoms with Crippen molar-refractivity contribution in [3.8, 4) is 0 Å². The third kappa shape index (κ3) is 15.7. The van der Waals surface area contributed by atoms with Crippen LogP contribution in [0.4, 0.5) is 11.4 Å². The van der Waals surface area contributed by atoms with E-state index in [1.807, 2.05) is 53.8 Å². The molecule has 0 aliphatic carbocycles. The third-order valence-corrected chi connectivity index (χ3v) is 4.14. The van der Waals surface area contributed by atoms with Gasteiger partial charge in [-0.3, -0.25) is 15.1 Å². The fourth-order valence-corrected chi connectivity index (χ4v) is 2.88. The van der Waals surface area contributed by atoms with Gasteiger partial charge in [0.1, 0.15) is 0 Å². The van der Waals surface area contributed by atoms with Crippen LogP contribution in [0.5, 0.6) is 0 Å². The van der Waals surface area contributed by atoms with Crippen LogP contribution < -0.4 is 4.90 Å². The molecule has 6 nitrogen and oxygen atoms in total. The number of anilines is 1. The number of nitrogens with zero attached hydrogens (tertiary/aromatic N) is 4. The van der Waals surface area contributed by atoms with Crippen molar-refractivity contribution in [3.63, 3.8) is 0 Å². The summed E-state index contributed by atoms with van der Waals surface area (Å²) in [6, 6.07) is 16.7. The van der Waals surface area contributed by atoms with Crippen LogP contribution in [-0.4, -0.2) is 36.1 Å². The van der Waals surface area contributed by atoms with Gasteiger partial charge in [-0.25, -0.2) is 0 Å². The Kier molecular flexibility index (Phi) is 35.0. The fourth-order valence-electron chi connectivity index (χ4n) is 2.88. The Morgan fingerprint density at radius 3 is 1.97 bits per heavy atom. The fraction of sp³-hybridized carbons (Fsp3) is 0.429. The molecule has 36 heavy (non-hydrogen) atoms. The molecule has 201 valence electrons. The van der Waals surface area contributed by atoms with Gasteiger partial charge in [0.25, 0.3) is 0 Å². The number of nitro benzene ring substituents is 1. The van der Waals surface area contributed by atoms with Crippen molar-refractivity contribution in [1.82, 2.24) is 4.98 Å². The second kappa shape index (κ2) is 28.2. The first kappa shape index (κ1) is 44.7. The van der Waals surface area contributed by atoms with Crippen molar-refractivity contribution < 1.29 is 58.7 Å². The smallest absolute Gasteiger partial charge is 0.216 e. The molecule has 1 aliphatic heterocycles. The molecular weight excluding hydrogens is 697 g/mol. The Morgan fingerprint density at radius 1 is 0.917 bits per heavy atom. The Hall–Kier alpha value is -1.33. The second-order valence-corrected chi connectivity index (χ2v) is 5.93. The summed E-state index contributed by atoms with van der Waals surface area (Å²) < 4.78 is 0. The monoisotopic (exact) mass is 743 g/mol. The number of rotatable bonds is 2. The van der Waals surface area contributed by atoms with Gasteiger partial charge < -0.3 is 10.2 Å². The molecule has 1 saturated heterocycles. The SMILES string of the molecule is C.C.CC.CC.CC.[CH2-]c1cccc([N+](=O)[O-])c1.[W].[Y].c1cc(N2CC[N-]CC2)c2cccnc2c1. The third-order valence-electron chi connectivity index (χ3n) is 4.14. The van der Waals surface area contributed by atoms with Gasteiger partial charge in [0.2, 0.25) is 5.69 Å². The van der Waals surface area contributed by atoms with Crippen molar-refractivity contribution in [1.29, 1.82) is 0 Å². The van der Waals surface area contributed by atoms with Crippen LogP contribution in [0.25, 0.3) is 16.2 Å². The molecule has 0 spiro atoms. The van der Waals surface area contributed by atoms with Gasteiger partial charge in [-0.15, -0.1) is 19.2 Å². The summed E-state index contributed by atoms with van der Waals surface area (Å²) in [6.45, 7) is 19.5. The molecule has 8 heteroatoms. The molecular formula is C28H46N4O2WY-2. The molecule has 1 aliphatic rings. The van der Waals surface area contributed by atoms with E-state index in [2.05, 4.69) is 46.4 Å². The average Bonchev–Trinajstić information content (AvgIpc) is 2.88. The molecule has 2 aromatic carbocycles. The summed E-state index contributed by atoms with van der Waals surface area (Å²) in [4.78, 5) is 16.5. The van der Waals surface area contributed by atoms with Crippen LogP contribution in [0, 0.1) is 17.0 Å². The van der Waals surface area contributed by atoms with Crippen LogP contribution in [0.2, 0.25) is 0 Å². The van der Waals surface area contributed by atoms with Crippen molar-refractivity contribution in [3.05, 3.63) is 88.7 Å². The molecule has 0 atom stereocenters. The van der Waals surface area contributed by atoms with Gasteiger partial charge in [0.05, 0.1) is 5.52 Å². The van der Waals surface area contributed by atoms with Crippen molar-refractivity contribution in [2.45, 2.75) is 56.4 Å². The predicted octanol–water partition coefficient (Wildman–Crippen LogP) is 8.55. The standard InChI is InChI=1S/C13H14N3.C7H6NO2.3C2H6.2CH4.W.Y/c1-4-12-11(3-2-6-15-12)13(5-1)16-9-7-14-8-10-16;1-6-3-2-4-7(5-6)8(9)10;3*1-2;;;;/h1-6H,7-10H2;2-5H,1H2;3*1-2H3;2*1H4;;/q2*-1;;;;;;;. The van der Waals surface area contributed by atoms with Crippen molar-refractivity contribution in [2.75, 3.05) is 31.1 Å². The summed E-state index contributed by atoms with van der Waals surface area (Å²) in [5.74, 6) is 0. The molecule has 0 amide bonds. The maximum absolute atomic E-state index is 10.1. The van der Waals surface area contributed by atoms with Crippen LogP contribution >= 0.6 is 0 Å². The Labute approximate surface area is 260 Å². The quantitative estimate of drug-likeness (QED) is 0.150. The number of benzene rings is 2. The summed E-state index contributed by atoms with van der Waals surface area (Å²) in [6.07, 6.45) is 1.84. The van der Waals surface area contributed by atoms with Crippen molar-refractivity contribution in [2.24, 2.45) is 0 Å². The number of hydrogen-bond donors (Lipinski definition) is 0. The molecule has 0 bridgehead atoms. The summed E-state index contributed by atoms with van der Waals surface area (Å²) in [7, 11) is 0. The largest absolute Gasteiger partial charge is 0.659 e. The minimum absolute atomic E-state index is 0. The maximum atomic E-state index is 10.1. The second-order valence-electron chi connectivity index (χ2n) is 5.93. The zero-order chi connectivity index (χ0) is 24.4. The van der Waals surface area contributed by atoms with Crippen LogP contribution in [-0.2, 0) is 53.8 Å². The molecule has 2 heterocycles. The van der Waals surface area contributed by atoms with E-state index in [0.717, 1.165) is 31.7 Å². The van der Waals surface area contributed by atoms with Crippen LogP contribution in [0.3, 0.4) is 0 Å². The molecule has 1 radical (unpaired) electrons. The van der Waals surface area contributed by atoms with Gasteiger partial charge in [-0.1, -0.05) is 68.5 Å². The molecule has 0 unspecified atom stereocenters. The number of nitro groups is 1. The van der Waals surface area contributed by atoms with E-state index < -0.39 is 4.92 Å². The number of aromatic nitrogens is 1. The van der Waals surface area contributed by atoms with Crippen molar-refractivity contribution >= 4 is 22.3 Å². The number of hydrogen-bond acceptors (Lipinski definition) is 4. The van der Waals surface area contributed by atoms with Gasteiger partial charge in [0, 0.05) is 76.0 Å². The zero-order valence-corrected chi connectivity index (χ0v) is 27.2. The van der Waals surface area contributed by atoms with Gasteiger partial charge in [-0.2, -0.15) is 18.6 Å². The van der Waals surface area contributed by atoms with E-state index in [0.29, 0.717) is 5.56 Å². The number of piperazine rings is 1. The summed E-state index contributed by atoms with van der Waals surface area (Å²) in [5.41, 5.74) is 3.12. The van der Waals surface area contributed by atoms with Gasteiger partial charge >= 0.3 is 0 Å². The molecule has 1 aromatic heterocycles. The van der Waals surface area contributed by atoms with E-state index in [9.17, 15) is 10.1 Å².